The van der Waals surface area contributed by atoms with Gasteiger partial charge in [-0.25, -0.2) is 0 Å². The molecule has 0 saturated heterocycles. The van der Waals surface area contributed by atoms with E-state index in [0.29, 0.717) is 36.0 Å². The summed E-state index contributed by atoms with van der Waals surface area (Å²) >= 11 is 5.81. The number of ether oxygens (including phenoxy) is 1. The third-order valence-electron chi connectivity index (χ3n) is 2.75. The minimum Gasteiger partial charge on any atom is -0.397 e. The summed E-state index contributed by atoms with van der Waals surface area (Å²) in [5.41, 5.74) is 7.02. The number of hydrogen-bond donors (Lipinski definition) is 2. The summed E-state index contributed by atoms with van der Waals surface area (Å²) in [7, 11) is 0. The Balaban J connectivity index is 2.25. The lowest BCUT2D eigenvalue weighted by Gasteiger charge is -2.17. The molecular weight excluding hydrogens is 276 g/mol. The zero-order chi connectivity index (χ0) is 15.2. The van der Waals surface area contributed by atoms with E-state index in [1.165, 1.54) is 0 Å². The monoisotopic (exact) mass is 298 g/mol. The van der Waals surface area contributed by atoms with Crippen LogP contribution < -0.4 is 11.1 Å². The van der Waals surface area contributed by atoms with E-state index in [1.807, 2.05) is 0 Å². The molecule has 0 aliphatic rings. The van der Waals surface area contributed by atoms with Crippen molar-refractivity contribution in [3.8, 4) is 0 Å². The number of anilines is 2. The van der Waals surface area contributed by atoms with Crippen molar-refractivity contribution in [2.45, 2.75) is 33.6 Å². The second-order valence-electron chi connectivity index (χ2n) is 5.96. The normalized spacial score (nSPS) is 11.4. The van der Waals surface area contributed by atoms with Gasteiger partial charge < -0.3 is 15.8 Å². The molecule has 0 heterocycles. The van der Waals surface area contributed by atoms with E-state index in [2.05, 4.69) is 26.1 Å². The first-order valence-corrected chi connectivity index (χ1v) is 7.08. The number of rotatable bonds is 6. The smallest absolute Gasteiger partial charge is 0.226 e. The summed E-state index contributed by atoms with van der Waals surface area (Å²) in [6, 6.07) is 5.02. The zero-order valence-corrected chi connectivity index (χ0v) is 13.1. The van der Waals surface area contributed by atoms with E-state index in [9.17, 15) is 4.79 Å². The maximum absolute atomic E-state index is 11.7. The number of carbonyl (C=O) groups is 1. The molecule has 0 bridgehead atoms. The van der Waals surface area contributed by atoms with E-state index in [0.717, 1.165) is 6.42 Å². The fourth-order valence-electron chi connectivity index (χ4n) is 1.49. The van der Waals surface area contributed by atoms with Gasteiger partial charge in [0.1, 0.15) is 0 Å². The van der Waals surface area contributed by atoms with Crippen LogP contribution in [0.3, 0.4) is 0 Å². The molecule has 1 amide bonds. The third kappa shape index (κ3) is 6.78. The Morgan fingerprint density at radius 1 is 1.35 bits per heavy atom. The van der Waals surface area contributed by atoms with Crippen molar-refractivity contribution >= 4 is 28.9 Å². The topological polar surface area (TPSA) is 64.3 Å². The number of carbonyl (C=O) groups excluding carboxylic acids is 1. The van der Waals surface area contributed by atoms with Crippen LogP contribution in [0.5, 0.6) is 0 Å². The molecule has 20 heavy (non-hydrogen) atoms. The lowest BCUT2D eigenvalue weighted by Crippen LogP contribution is -2.16. The Labute approximate surface area is 125 Å². The minimum absolute atomic E-state index is 0.0949. The molecule has 0 aliphatic heterocycles. The van der Waals surface area contributed by atoms with Crippen molar-refractivity contribution in [1.82, 2.24) is 0 Å². The molecular formula is C15H23ClN2O2. The molecule has 0 spiro atoms. The van der Waals surface area contributed by atoms with E-state index >= 15 is 0 Å². The van der Waals surface area contributed by atoms with E-state index < -0.39 is 0 Å². The Bertz CT molecular complexity index is 456. The van der Waals surface area contributed by atoms with Crippen LogP contribution in [0.15, 0.2) is 18.2 Å². The lowest BCUT2D eigenvalue weighted by molar-refractivity contribution is -0.117. The Kier molecular flexibility index (Phi) is 6.30. The van der Waals surface area contributed by atoms with Gasteiger partial charge in [-0.15, -0.1) is 0 Å². The average molecular weight is 299 g/mol. The van der Waals surface area contributed by atoms with Crippen molar-refractivity contribution in [1.29, 1.82) is 0 Å². The van der Waals surface area contributed by atoms with E-state index in [1.54, 1.807) is 18.2 Å². The maximum atomic E-state index is 11.7. The van der Waals surface area contributed by atoms with Crippen LogP contribution in [0.1, 0.15) is 33.6 Å². The van der Waals surface area contributed by atoms with Crippen LogP contribution >= 0.6 is 11.6 Å². The molecule has 5 heteroatoms. The van der Waals surface area contributed by atoms with Crippen molar-refractivity contribution in [3.63, 3.8) is 0 Å². The molecule has 1 aromatic rings. The van der Waals surface area contributed by atoms with Crippen molar-refractivity contribution < 1.29 is 9.53 Å². The number of nitrogens with two attached hydrogens (primary N) is 1. The first-order valence-electron chi connectivity index (χ1n) is 6.70. The quantitative estimate of drug-likeness (QED) is 0.621. The Morgan fingerprint density at radius 3 is 2.65 bits per heavy atom. The van der Waals surface area contributed by atoms with Gasteiger partial charge in [0.15, 0.2) is 0 Å². The first-order chi connectivity index (χ1) is 9.28. The van der Waals surface area contributed by atoms with Crippen molar-refractivity contribution in [2.24, 2.45) is 5.41 Å². The fraction of sp³-hybridized carbons (Fsp3) is 0.533. The number of amides is 1. The summed E-state index contributed by atoms with van der Waals surface area (Å²) in [5, 5.41) is 3.24. The largest absolute Gasteiger partial charge is 0.397 e. The highest BCUT2D eigenvalue weighted by Gasteiger charge is 2.09. The molecule has 3 N–H and O–H groups in total. The van der Waals surface area contributed by atoms with Gasteiger partial charge in [-0.3, -0.25) is 4.79 Å². The summed E-state index contributed by atoms with van der Waals surface area (Å²) in [6.45, 7) is 7.58. The molecule has 0 atom stereocenters. The van der Waals surface area contributed by atoms with Gasteiger partial charge >= 0.3 is 0 Å². The summed E-state index contributed by atoms with van der Waals surface area (Å²) < 4.78 is 5.45. The number of nitrogens with one attached hydrogen (secondary N) is 1. The van der Waals surface area contributed by atoms with Crippen LogP contribution in [0.25, 0.3) is 0 Å². The predicted octanol–water partition coefficient (Wildman–Crippen LogP) is 3.70. The zero-order valence-electron chi connectivity index (χ0n) is 12.3. The Morgan fingerprint density at radius 2 is 2.05 bits per heavy atom. The van der Waals surface area contributed by atoms with Crippen LogP contribution in [-0.2, 0) is 9.53 Å². The average Bonchev–Trinajstić information content (AvgIpc) is 2.32. The van der Waals surface area contributed by atoms with Gasteiger partial charge in [-0.2, -0.15) is 0 Å². The molecule has 1 aromatic carbocycles. The highest BCUT2D eigenvalue weighted by molar-refractivity contribution is 6.33. The molecule has 0 unspecified atom stereocenters. The second kappa shape index (κ2) is 7.50. The van der Waals surface area contributed by atoms with Gasteiger partial charge in [0.05, 0.1) is 23.7 Å². The Hall–Kier alpha value is -1.26. The molecule has 0 saturated carbocycles. The third-order valence-corrected chi connectivity index (χ3v) is 3.09. The minimum atomic E-state index is -0.0949. The van der Waals surface area contributed by atoms with Crippen LogP contribution in [0, 0.1) is 5.41 Å². The summed E-state index contributed by atoms with van der Waals surface area (Å²) in [6.07, 6.45) is 1.30. The summed E-state index contributed by atoms with van der Waals surface area (Å²) in [5.74, 6) is -0.0949. The van der Waals surface area contributed by atoms with Crippen LogP contribution in [0.4, 0.5) is 11.4 Å². The highest BCUT2D eigenvalue weighted by Crippen LogP contribution is 2.22. The molecule has 112 valence electrons. The van der Waals surface area contributed by atoms with Gasteiger partial charge in [-0.05, 0) is 30.0 Å². The van der Waals surface area contributed by atoms with Crippen molar-refractivity contribution in [3.05, 3.63) is 23.2 Å². The maximum Gasteiger partial charge on any atom is 0.226 e. The molecule has 0 radical (unpaired) electrons. The highest BCUT2D eigenvalue weighted by atomic mass is 35.5. The lowest BCUT2D eigenvalue weighted by atomic mass is 9.93. The molecule has 0 aromatic heterocycles. The standard InChI is InChI=1S/C15H23ClN2O2/c1-15(2,3)7-9-20-8-6-14(19)18-11-4-5-12(16)13(17)10-11/h4-5,10H,6-9,17H2,1-3H3,(H,18,19). The number of hydrogen-bond acceptors (Lipinski definition) is 3. The molecule has 4 nitrogen and oxygen atoms in total. The van der Waals surface area contributed by atoms with Gasteiger partial charge in [0, 0.05) is 12.3 Å². The SMILES string of the molecule is CC(C)(C)CCOCCC(=O)Nc1ccc(Cl)c(N)c1. The molecule has 0 aliphatic carbocycles. The van der Waals surface area contributed by atoms with Crippen LogP contribution in [-0.4, -0.2) is 19.1 Å². The predicted molar refractivity (Wildman–Crippen MR) is 84.0 cm³/mol. The number of benzene rings is 1. The van der Waals surface area contributed by atoms with E-state index in [4.69, 9.17) is 22.1 Å². The van der Waals surface area contributed by atoms with Gasteiger partial charge in [0.25, 0.3) is 0 Å². The van der Waals surface area contributed by atoms with E-state index in [-0.39, 0.29) is 11.3 Å². The first kappa shape index (κ1) is 16.8. The fourth-order valence-corrected chi connectivity index (χ4v) is 1.61. The van der Waals surface area contributed by atoms with Crippen LogP contribution in [0.2, 0.25) is 5.02 Å². The molecule has 0 fully saturated rings. The number of halogens is 1. The van der Waals surface area contributed by atoms with Crippen molar-refractivity contribution in [2.75, 3.05) is 24.3 Å². The van der Waals surface area contributed by atoms with Gasteiger partial charge in [-0.1, -0.05) is 32.4 Å². The summed E-state index contributed by atoms with van der Waals surface area (Å²) in [4.78, 5) is 11.7. The second-order valence-corrected chi connectivity index (χ2v) is 6.36. The van der Waals surface area contributed by atoms with Gasteiger partial charge in [0.2, 0.25) is 5.91 Å². The number of nitrogen functional groups attached to an aromatic ring is 1. The molecule has 1 rings (SSSR count).